The summed E-state index contributed by atoms with van der Waals surface area (Å²) < 4.78 is 5.68. The minimum Gasteiger partial charge on any atom is -0.492 e. The van der Waals surface area contributed by atoms with E-state index in [1.165, 1.54) is 12.5 Å². The van der Waals surface area contributed by atoms with Crippen LogP contribution in [0.1, 0.15) is 37.7 Å². The van der Waals surface area contributed by atoms with Crippen LogP contribution in [0.15, 0.2) is 54.6 Å². The smallest absolute Gasteiger partial charge is 0.317 e. The van der Waals surface area contributed by atoms with Gasteiger partial charge >= 0.3 is 6.03 Å². The van der Waals surface area contributed by atoms with E-state index < -0.39 is 0 Å². The monoisotopic (exact) mass is 395 g/mol. The first-order valence-electron chi connectivity index (χ1n) is 10.2. The standard InChI is InChI=1S/C23H29N3O3/c1-18(27)25-21-10-5-11-22(17-21)29-16-13-24-23(28)26-14-6-9-20(12-15-26)19-7-3-2-4-8-19/h2-5,7-8,10-11,17,20H,6,9,12-16H2,1H3,(H,24,28)(H,25,27). The molecule has 1 unspecified atom stereocenters. The Labute approximate surface area is 172 Å². The van der Waals surface area contributed by atoms with Crippen molar-refractivity contribution < 1.29 is 14.3 Å². The van der Waals surface area contributed by atoms with Gasteiger partial charge < -0.3 is 20.3 Å². The first kappa shape index (κ1) is 20.7. The zero-order chi connectivity index (χ0) is 20.5. The van der Waals surface area contributed by atoms with Crippen molar-refractivity contribution in [1.29, 1.82) is 0 Å². The highest BCUT2D eigenvalue weighted by atomic mass is 16.5. The van der Waals surface area contributed by atoms with Gasteiger partial charge in [-0.2, -0.15) is 0 Å². The van der Waals surface area contributed by atoms with Gasteiger partial charge in [-0.1, -0.05) is 36.4 Å². The van der Waals surface area contributed by atoms with Crippen molar-refractivity contribution in [2.24, 2.45) is 0 Å². The molecule has 3 rings (SSSR count). The van der Waals surface area contributed by atoms with Gasteiger partial charge in [-0.15, -0.1) is 0 Å². The van der Waals surface area contributed by atoms with Crippen molar-refractivity contribution in [1.82, 2.24) is 10.2 Å². The predicted molar refractivity (Wildman–Crippen MR) is 114 cm³/mol. The van der Waals surface area contributed by atoms with E-state index in [1.807, 2.05) is 23.1 Å². The zero-order valence-corrected chi connectivity index (χ0v) is 16.9. The van der Waals surface area contributed by atoms with Crippen molar-refractivity contribution in [3.05, 3.63) is 60.2 Å². The number of anilines is 1. The third-order valence-electron chi connectivity index (χ3n) is 5.09. The average molecular weight is 396 g/mol. The van der Waals surface area contributed by atoms with Crippen LogP contribution in [0.2, 0.25) is 0 Å². The molecule has 0 saturated carbocycles. The van der Waals surface area contributed by atoms with E-state index in [1.54, 1.807) is 12.1 Å². The lowest BCUT2D eigenvalue weighted by molar-refractivity contribution is -0.114. The molecule has 2 aromatic carbocycles. The van der Waals surface area contributed by atoms with Gasteiger partial charge in [0.15, 0.2) is 0 Å². The minimum absolute atomic E-state index is 0.0330. The third kappa shape index (κ3) is 6.52. The molecular formula is C23H29N3O3. The molecule has 6 heteroatoms. The first-order valence-corrected chi connectivity index (χ1v) is 10.2. The van der Waals surface area contributed by atoms with Gasteiger partial charge in [-0.05, 0) is 42.9 Å². The lowest BCUT2D eigenvalue weighted by atomic mass is 9.92. The second-order valence-electron chi connectivity index (χ2n) is 7.31. The van der Waals surface area contributed by atoms with Gasteiger partial charge in [-0.25, -0.2) is 4.79 Å². The van der Waals surface area contributed by atoms with Gasteiger partial charge in [0.25, 0.3) is 0 Å². The summed E-state index contributed by atoms with van der Waals surface area (Å²) in [5, 5.41) is 5.67. The number of benzene rings is 2. The number of nitrogens with one attached hydrogen (secondary N) is 2. The fourth-order valence-electron chi connectivity index (χ4n) is 3.66. The number of likely N-dealkylation sites (tertiary alicyclic amines) is 1. The largest absolute Gasteiger partial charge is 0.492 e. The Morgan fingerprint density at radius 1 is 1.07 bits per heavy atom. The molecule has 154 valence electrons. The Bertz CT molecular complexity index is 810. The van der Waals surface area contributed by atoms with Crippen molar-refractivity contribution in [3.63, 3.8) is 0 Å². The lowest BCUT2D eigenvalue weighted by Gasteiger charge is -2.21. The van der Waals surface area contributed by atoms with E-state index in [4.69, 9.17) is 4.74 Å². The molecule has 0 bridgehead atoms. The summed E-state index contributed by atoms with van der Waals surface area (Å²) in [6, 6.07) is 17.7. The molecule has 1 heterocycles. The van der Waals surface area contributed by atoms with Gasteiger partial charge in [0.2, 0.25) is 5.91 Å². The van der Waals surface area contributed by atoms with Crippen LogP contribution in [0.4, 0.5) is 10.5 Å². The average Bonchev–Trinajstić information content (AvgIpc) is 2.98. The fourth-order valence-corrected chi connectivity index (χ4v) is 3.66. The second-order valence-corrected chi connectivity index (χ2v) is 7.31. The molecule has 0 radical (unpaired) electrons. The summed E-state index contributed by atoms with van der Waals surface area (Å²) in [7, 11) is 0. The highest BCUT2D eigenvalue weighted by Gasteiger charge is 2.21. The maximum Gasteiger partial charge on any atom is 0.317 e. The number of amides is 3. The highest BCUT2D eigenvalue weighted by Crippen LogP contribution is 2.27. The van der Waals surface area contributed by atoms with Crippen LogP contribution < -0.4 is 15.4 Å². The second kappa shape index (κ2) is 10.5. The SMILES string of the molecule is CC(=O)Nc1cccc(OCCNC(=O)N2CCCC(c3ccccc3)CC2)c1. The van der Waals surface area contributed by atoms with Crippen LogP contribution in [-0.4, -0.2) is 43.1 Å². The molecule has 29 heavy (non-hydrogen) atoms. The third-order valence-corrected chi connectivity index (χ3v) is 5.09. The predicted octanol–water partition coefficient (Wildman–Crippen LogP) is 4.00. The molecule has 1 saturated heterocycles. The maximum atomic E-state index is 12.5. The molecule has 2 aromatic rings. The Kier molecular flexibility index (Phi) is 7.50. The van der Waals surface area contributed by atoms with Gasteiger partial charge in [0.1, 0.15) is 12.4 Å². The molecule has 1 aliphatic heterocycles. The number of urea groups is 1. The molecule has 0 spiro atoms. The zero-order valence-electron chi connectivity index (χ0n) is 16.9. The highest BCUT2D eigenvalue weighted by molar-refractivity contribution is 5.88. The topological polar surface area (TPSA) is 70.7 Å². The minimum atomic E-state index is -0.124. The quantitative estimate of drug-likeness (QED) is 0.726. The maximum absolute atomic E-state index is 12.5. The van der Waals surface area contributed by atoms with Crippen molar-refractivity contribution in [2.45, 2.75) is 32.1 Å². The number of rotatable bonds is 6. The summed E-state index contributed by atoms with van der Waals surface area (Å²) in [6.07, 6.45) is 3.12. The Morgan fingerprint density at radius 2 is 1.90 bits per heavy atom. The van der Waals surface area contributed by atoms with Crippen LogP contribution >= 0.6 is 0 Å². The molecule has 6 nitrogen and oxygen atoms in total. The van der Waals surface area contributed by atoms with E-state index in [0.29, 0.717) is 30.5 Å². The summed E-state index contributed by atoms with van der Waals surface area (Å²) in [6.45, 7) is 3.82. The molecule has 3 amide bonds. The normalized spacial score (nSPS) is 16.6. The summed E-state index contributed by atoms with van der Waals surface area (Å²) >= 11 is 0. The molecule has 1 atom stereocenters. The van der Waals surface area contributed by atoms with E-state index in [9.17, 15) is 9.59 Å². The van der Waals surface area contributed by atoms with Gasteiger partial charge in [-0.3, -0.25) is 4.79 Å². The van der Waals surface area contributed by atoms with Gasteiger partial charge in [0, 0.05) is 31.8 Å². The molecule has 2 N–H and O–H groups in total. The molecular weight excluding hydrogens is 366 g/mol. The van der Waals surface area contributed by atoms with Crippen LogP contribution in [0.3, 0.4) is 0 Å². The number of carbonyl (C=O) groups excluding carboxylic acids is 2. The van der Waals surface area contributed by atoms with E-state index in [0.717, 1.165) is 32.4 Å². The van der Waals surface area contributed by atoms with Crippen LogP contribution in [0, 0.1) is 0 Å². The lowest BCUT2D eigenvalue weighted by Crippen LogP contribution is -2.42. The number of nitrogens with zero attached hydrogens (tertiary/aromatic N) is 1. The number of carbonyl (C=O) groups is 2. The van der Waals surface area contributed by atoms with Crippen LogP contribution in [-0.2, 0) is 4.79 Å². The van der Waals surface area contributed by atoms with Crippen molar-refractivity contribution in [2.75, 3.05) is 31.6 Å². The molecule has 0 aromatic heterocycles. The summed E-state index contributed by atoms with van der Waals surface area (Å²) in [4.78, 5) is 25.5. The number of hydrogen-bond donors (Lipinski definition) is 2. The van der Waals surface area contributed by atoms with Crippen molar-refractivity contribution in [3.8, 4) is 5.75 Å². The van der Waals surface area contributed by atoms with Crippen molar-refractivity contribution >= 4 is 17.6 Å². The molecule has 0 aliphatic carbocycles. The Morgan fingerprint density at radius 3 is 2.69 bits per heavy atom. The number of hydrogen-bond acceptors (Lipinski definition) is 3. The fraction of sp³-hybridized carbons (Fsp3) is 0.391. The van der Waals surface area contributed by atoms with Crippen LogP contribution in [0.25, 0.3) is 0 Å². The molecule has 1 fully saturated rings. The Balaban J connectivity index is 1.40. The Hall–Kier alpha value is -3.02. The first-order chi connectivity index (χ1) is 14.1. The molecule has 1 aliphatic rings. The summed E-state index contributed by atoms with van der Waals surface area (Å²) in [5.74, 6) is 1.06. The number of ether oxygens (including phenoxy) is 1. The van der Waals surface area contributed by atoms with Crippen LogP contribution in [0.5, 0.6) is 5.75 Å². The summed E-state index contributed by atoms with van der Waals surface area (Å²) in [5.41, 5.74) is 2.06. The van der Waals surface area contributed by atoms with E-state index in [2.05, 4.69) is 34.9 Å². The van der Waals surface area contributed by atoms with E-state index in [-0.39, 0.29) is 11.9 Å². The van der Waals surface area contributed by atoms with E-state index >= 15 is 0 Å². The van der Waals surface area contributed by atoms with Gasteiger partial charge in [0.05, 0.1) is 6.54 Å².